The molecule has 4 nitrogen and oxygen atoms in total. The monoisotopic (exact) mass is 376 g/mol. The number of fused-ring (bicyclic) bond motifs is 1. The smallest absolute Gasteiger partial charge is 0.234 e. The molecule has 0 aromatic heterocycles. The van der Waals surface area contributed by atoms with Crippen LogP contribution < -0.4 is 10.6 Å². The number of hydrogen-bond acceptors (Lipinski definition) is 3. The normalized spacial score (nSPS) is 13.2. The summed E-state index contributed by atoms with van der Waals surface area (Å²) in [4.78, 5) is 24.5. The van der Waals surface area contributed by atoms with E-state index >= 15 is 0 Å². The first-order chi connectivity index (χ1) is 10.6. The highest BCUT2D eigenvalue weighted by Crippen LogP contribution is 2.33. The molecule has 0 unspecified atom stereocenters. The summed E-state index contributed by atoms with van der Waals surface area (Å²) in [5.74, 6) is 0.324. The molecule has 2 aromatic rings. The van der Waals surface area contributed by atoms with E-state index in [4.69, 9.17) is 0 Å². The van der Waals surface area contributed by atoms with Crippen LogP contribution in [0.5, 0.6) is 0 Å². The predicted molar refractivity (Wildman–Crippen MR) is 92.3 cm³/mol. The van der Waals surface area contributed by atoms with Gasteiger partial charge in [-0.15, -0.1) is 11.8 Å². The lowest BCUT2D eigenvalue weighted by molar-refractivity contribution is -0.115. The number of nitrogens with one attached hydrogen (secondary N) is 2. The first kappa shape index (κ1) is 15.1. The average molecular weight is 377 g/mol. The van der Waals surface area contributed by atoms with Gasteiger partial charge in [-0.2, -0.15) is 0 Å². The van der Waals surface area contributed by atoms with Crippen LogP contribution >= 0.6 is 27.7 Å². The number of halogens is 1. The van der Waals surface area contributed by atoms with Gasteiger partial charge < -0.3 is 10.6 Å². The summed E-state index contributed by atoms with van der Waals surface area (Å²) >= 11 is 4.89. The van der Waals surface area contributed by atoms with Crippen molar-refractivity contribution in [3.8, 4) is 0 Å². The molecular formula is C16H13BrN2O2S. The van der Waals surface area contributed by atoms with Gasteiger partial charge in [0.05, 0.1) is 17.9 Å². The van der Waals surface area contributed by atoms with Crippen molar-refractivity contribution >= 4 is 50.9 Å². The van der Waals surface area contributed by atoms with Crippen molar-refractivity contribution in [2.75, 3.05) is 16.4 Å². The average Bonchev–Trinajstić information content (AvgIpc) is 2.46. The fourth-order valence-corrected chi connectivity index (χ4v) is 3.43. The standard InChI is InChI=1S/C16H13BrN2O2S/c17-11-3-1-2-10(6-11)7-15(20)18-12-4-5-14-13(8-12)19-16(21)9-22-14/h1-6,8H,7,9H2,(H,18,20)(H,19,21). The lowest BCUT2D eigenvalue weighted by atomic mass is 10.1. The minimum absolute atomic E-state index is 0.0184. The van der Waals surface area contributed by atoms with E-state index in [1.54, 1.807) is 6.07 Å². The molecular weight excluding hydrogens is 364 g/mol. The lowest BCUT2D eigenvalue weighted by Crippen LogP contribution is -2.19. The summed E-state index contributed by atoms with van der Waals surface area (Å²) in [6.45, 7) is 0. The van der Waals surface area contributed by atoms with E-state index < -0.39 is 0 Å². The number of benzene rings is 2. The molecule has 3 rings (SSSR count). The summed E-state index contributed by atoms with van der Waals surface area (Å²) in [7, 11) is 0. The summed E-state index contributed by atoms with van der Waals surface area (Å²) in [6, 6.07) is 13.2. The number of thioether (sulfide) groups is 1. The van der Waals surface area contributed by atoms with E-state index in [2.05, 4.69) is 26.6 Å². The Balaban J connectivity index is 1.69. The summed E-state index contributed by atoms with van der Waals surface area (Å²) in [5, 5.41) is 5.67. The van der Waals surface area contributed by atoms with Crippen molar-refractivity contribution < 1.29 is 9.59 Å². The Kier molecular flexibility index (Phi) is 4.49. The highest BCUT2D eigenvalue weighted by atomic mass is 79.9. The maximum Gasteiger partial charge on any atom is 0.234 e. The number of rotatable bonds is 3. The van der Waals surface area contributed by atoms with Crippen molar-refractivity contribution in [1.29, 1.82) is 0 Å². The van der Waals surface area contributed by atoms with Gasteiger partial charge in [-0.05, 0) is 35.9 Å². The van der Waals surface area contributed by atoms with Gasteiger partial charge >= 0.3 is 0 Å². The predicted octanol–water partition coefficient (Wildman–Crippen LogP) is 3.67. The molecule has 0 aliphatic carbocycles. The molecule has 0 saturated heterocycles. The minimum atomic E-state index is -0.0900. The van der Waals surface area contributed by atoms with Crippen molar-refractivity contribution in [2.24, 2.45) is 0 Å². The van der Waals surface area contributed by atoms with E-state index in [0.29, 0.717) is 17.9 Å². The van der Waals surface area contributed by atoms with E-state index in [0.717, 1.165) is 20.6 Å². The maximum atomic E-state index is 12.1. The molecule has 0 radical (unpaired) electrons. The first-order valence-electron chi connectivity index (χ1n) is 6.71. The Morgan fingerprint density at radius 1 is 1.27 bits per heavy atom. The molecule has 0 spiro atoms. The number of amides is 2. The van der Waals surface area contributed by atoms with Gasteiger partial charge in [-0.3, -0.25) is 9.59 Å². The molecule has 22 heavy (non-hydrogen) atoms. The molecule has 2 aromatic carbocycles. The van der Waals surface area contributed by atoms with Gasteiger partial charge in [0, 0.05) is 15.1 Å². The SMILES string of the molecule is O=C(Cc1cccc(Br)c1)Nc1ccc2c(c1)NC(=O)CS2. The zero-order chi connectivity index (χ0) is 15.5. The van der Waals surface area contributed by atoms with Crippen molar-refractivity contribution in [1.82, 2.24) is 0 Å². The van der Waals surface area contributed by atoms with E-state index in [1.165, 1.54) is 11.8 Å². The van der Waals surface area contributed by atoms with Crippen LogP contribution in [0, 0.1) is 0 Å². The van der Waals surface area contributed by atoms with Crippen LogP contribution in [0.3, 0.4) is 0 Å². The van der Waals surface area contributed by atoms with Crippen LogP contribution in [-0.2, 0) is 16.0 Å². The molecule has 0 atom stereocenters. The van der Waals surface area contributed by atoms with Crippen molar-refractivity contribution in [3.63, 3.8) is 0 Å². The maximum absolute atomic E-state index is 12.1. The zero-order valence-electron chi connectivity index (χ0n) is 11.6. The topological polar surface area (TPSA) is 58.2 Å². The van der Waals surface area contributed by atoms with Crippen LogP contribution in [0.4, 0.5) is 11.4 Å². The Hall–Kier alpha value is -1.79. The number of carbonyl (C=O) groups excluding carboxylic acids is 2. The summed E-state index contributed by atoms with van der Waals surface area (Å²) < 4.78 is 0.950. The van der Waals surface area contributed by atoms with Gasteiger partial charge in [-0.1, -0.05) is 28.1 Å². The van der Waals surface area contributed by atoms with Crippen molar-refractivity contribution in [2.45, 2.75) is 11.3 Å². The second kappa shape index (κ2) is 6.54. The molecule has 1 aliphatic heterocycles. The van der Waals surface area contributed by atoms with Crippen LogP contribution in [0.1, 0.15) is 5.56 Å². The largest absolute Gasteiger partial charge is 0.326 e. The zero-order valence-corrected chi connectivity index (χ0v) is 14.0. The van der Waals surface area contributed by atoms with Crippen LogP contribution in [0.2, 0.25) is 0 Å². The quantitative estimate of drug-likeness (QED) is 0.858. The second-order valence-corrected chi connectivity index (χ2v) is 6.84. The summed E-state index contributed by atoms with van der Waals surface area (Å²) in [6.07, 6.45) is 0.303. The second-order valence-electron chi connectivity index (χ2n) is 4.90. The van der Waals surface area contributed by atoms with Gasteiger partial charge in [0.1, 0.15) is 0 Å². The third kappa shape index (κ3) is 3.69. The summed E-state index contributed by atoms with van der Waals surface area (Å²) in [5.41, 5.74) is 2.37. The van der Waals surface area contributed by atoms with Crippen molar-refractivity contribution in [3.05, 3.63) is 52.5 Å². The molecule has 0 fully saturated rings. The molecule has 1 aliphatic rings. The van der Waals surface area contributed by atoms with E-state index in [-0.39, 0.29) is 11.8 Å². The molecule has 1 heterocycles. The third-order valence-corrected chi connectivity index (χ3v) is 4.72. The third-order valence-electron chi connectivity index (χ3n) is 3.15. The van der Waals surface area contributed by atoms with E-state index in [1.807, 2.05) is 36.4 Å². The molecule has 112 valence electrons. The fraction of sp³-hybridized carbons (Fsp3) is 0.125. The van der Waals surface area contributed by atoms with Gasteiger partial charge in [0.25, 0.3) is 0 Å². The number of anilines is 2. The lowest BCUT2D eigenvalue weighted by Gasteiger charge is -2.17. The highest BCUT2D eigenvalue weighted by molar-refractivity contribution is 9.10. The Morgan fingerprint density at radius 2 is 2.14 bits per heavy atom. The van der Waals surface area contributed by atoms with Crippen LogP contribution in [0.15, 0.2) is 51.8 Å². The fourth-order valence-electron chi connectivity index (χ4n) is 2.20. The van der Waals surface area contributed by atoms with E-state index in [9.17, 15) is 9.59 Å². The Labute approximate surface area is 140 Å². The van der Waals surface area contributed by atoms with Crippen LogP contribution in [0.25, 0.3) is 0 Å². The number of hydrogen-bond donors (Lipinski definition) is 2. The van der Waals surface area contributed by atoms with Crippen LogP contribution in [-0.4, -0.2) is 17.6 Å². The highest BCUT2D eigenvalue weighted by Gasteiger charge is 2.16. The van der Waals surface area contributed by atoms with Gasteiger partial charge in [0.15, 0.2) is 0 Å². The molecule has 6 heteroatoms. The van der Waals surface area contributed by atoms with Gasteiger partial charge in [0.2, 0.25) is 11.8 Å². The first-order valence-corrected chi connectivity index (χ1v) is 8.49. The Morgan fingerprint density at radius 3 is 2.95 bits per heavy atom. The Bertz CT molecular complexity index is 749. The molecule has 2 amide bonds. The molecule has 0 saturated carbocycles. The molecule has 2 N–H and O–H groups in total. The van der Waals surface area contributed by atoms with Gasteiger partial charge in [-0.25, -0.2) is 0 Å². The minimum Gasteiger partial charge on any atom is -0.326 e. The number of carbonyl (C=O) groups is 2. The molecule has 0 bridgehead atoms.